The van der Waals surface area contributed by atoms with Crippen LogP contribution in [0.2, 0.25) is 0 Å². The standard InChI is InChI=1S/C13H20N4O4/c1-13(2,8-16(3)4)7-15-11-10(12(18)19)5-9(6-14-11)17(20)21/h5-6H,7-8H2,1-4H3,(H,14,15)(H,18,19). The smallest absolute Gasteiger partial charge is 0.339 e. The van der Waals surface area contributed by atoms with E-state index in [2.05, 4.69) is 10.3 Å². The van der Waals surface area contributed by atoms with Gasteiger partial charge in [-0.05, 0) is 19.5 Å². The third-order valence-electron chi connectivity index (χ3n) is 2.79. The maximum absolute atomic E-state index is 11.2. The Morgan fingerprint density at radius 3 is 2.62 bits per heavy atom. The predicted molar refractivity (Wildman–Crippen MR) is 78.7 cm³/mol. The zero-order valence-corrected chi connectivity index (χ0v) is 12.6. The molecule has 0 aliphatic carbocycles. The molecule has 0 saturated carbocycles. The van der Waals surface area contributed by atoms with Gasteiger partial charge in [0, 0.05) is 19.2 Å². The third kappa shape index (κ3) is 4.99. The summed E-state index contributed by atoms with van der Waals surface area (Å²) in [4.78, 5) is 27.1. The number of anilines is 1. The Morgan fingerprint density at radius 1 is 1.52 bits per heavy atom. The van der Waals surface area contributed by atoms with Crippen LogP contribution in [0, 0.1) is 15.5 Å². The number of rotatable bonds is 7. The van der Waals surface area contributed by atoms with Gasteiger partial charge in [-0.25, -0.2) is 9.78 Å². The van der Waals surface area contributed by atoms with Crippen LogP contribution < -0.4 is 5.32 Å². The van der Waals surface area contributed by atoms with Crippen LogP contribution in [-0.2, 0) is 0 Å². The molecule has 1 aromatic rings. The second kappa shape index (κ2) is 6.49. The van der Waals surface area contributed by atoms with E-state index < -0.39 is 10.9 Å². The van der Waals surface area contributed by atoms with Crippen molar-refractivity contribution in [3.63, 3.8) is 0 Å². The van der Waals surface area contributed by atoms with Gasteiger partial charge in [0.1, 0.15) is 17.6 Å². The highest BCUT2D eigenvalue weighted by Crippen LogP contribution is 2.22. The minimum atomic E-state index is -1.25. The Labute approximate surface area is 122 Å². The molecule has 21 heavy (non-hydrogen) atoms. The summed E-state index contributed by atoms with van der Waals surface area (Å²) < 4.78 is 0. The lowest BCUT2D eigenvalue weighted by Gasteiger charge is -2.28. The zero-order chi connectivity index (χ0) is 16.2. The molecule has 2 N–H and O–H groups in total. The maximum atomic E-state index is 11.2. The number of aromatic nitrogens is 1. The number of pyridine rings is 1. The van der Waals surface area contributed by atoms with Crippen LogP contribution in [0.25, 0.3) is 0 Å². The van der Waals surface area contributed by atoms with Gasteiger partial charge in [-0.15, -0.1) is 0 Å². The molecule has 1 heterocycles. The fraction of sp³-hybridized carbons (Fsp3) is 0.538. The molecule has 0 saturated heterocycles. The largest absolute Gasteiger partial charge is 0.478 e. The molecule has 8 heteroatoms. The first-order valence-electron chi connectivity index (χ1n) is 6.39. The van der Waals surface area contributed by atoms with Gasteiger partial charge in [0.15, 0.2) is 0 Å². The molecule has 8 nitrogen and oxygen atoms in total. The van der Waals surface area contributed by atoms with Gasteiger partial charge in [-0.1, -0.05) is 13.8 Å². The second-order valence-electron chi connectivity index (χ2n) is 5.91. The van der Waals surface area contributed by atoms with Gasteiger partial charge < -0.3 is 15.3 Å². The first-order chi connectivity index (χ1) is 9.62. The van der Waals surface area contributed by atoms with E-state index in [4.69, 9.17) is 5.11 Å². The lowest BCUT2D eigenvalue weighted by molar-refractivity contribution is -0.385. The molecule has 0 spiro atoms. The molecule has 0 bridgehead atoms. The van der Waals surface area contributed by atoms with Gasteiger partial charge in [0.2, 0.25) is 0 Å². The van der Waals surface area contributed by atoms with Crippen LogP contribution in [0.15, 0.2) is 12.3 Å². The molecule has 0 radical (unpaired) electrons. The van der Waals surface area contributed by atoms with Crippen LogP contribution in [-0.4, -0.2) is 53.1 Å². The summed E-state index contributed by atoms with van der Waals surface area (Å²) in [5, 5.41) is 22.8. The highest BCUT2D eigenvalue weighted by Gasteiger charge is 2.22. The normalized spacial score (nSPS) is 11.5. The monoisotopic (exact) mass is 296 g/mol. The van der Waals surface area contributed by atoms with E-state index in [-0.39, 0.29) is 22.5 Å². The van der Waals surface area contributed by atoms with E-state index >= 15 is 0 Å². The van der Waals surface area contributed by atoms with E-state index in [1.165, 1.54) is 0 Å². The maximum Gasteiger partial charge on any atom is 0.339 e. The van der Waals surface area contributed by atoms with Crippen molar-refractivity contribution in [1.82, 2.24) is 9.88 Å². The molecule has 1 aromatic heterocycles. The molecule has 0 aliphatic heterocycles. The summed E-state index contributed by atoms with van der Waals surface area (Å²) in [5.41, 5.74) is -0.654. The lowest BCUT2D eigenvalue weighted by atomic mass is 9.93. The quantitative estimate of drug-likeness (QED) is 0.582. The molecule has 0 amide bonds. The van der Waals surface area contributed by atoms with Crippen molar-refractivity contribution in [1.29, 1.82) is 0 Å². The number of nitrogens with one attached hydrogen (secondary N) is 1. The van der Waals surface area contributed by atoms with Gasteiger partial charge >= 0.3 is 5.97 Å². The molecule has 116 valence electrons. The van der Waals surface area contributed by atoms with Crippen molar-refractivity contribution in [3.05, 3.63) is 27.9 Å². The predicted octanol–water partition coefficient (Wildman–Crippen LogP) is 1.69. The topological polar surface area (TPSA) is 109 Å². The summed E-state index contributed by atoms with van der Waals surface area (Å²) in [6.45, 7) is 5.36. The number of carboxylic acid groups (broad SMARTS) is 1. The van der Waals surface area contributed by atoms with Crippen molar-refractivity contribution in [2.24, 2.45) is 5.41 Å². The van der Waals surface area contributed by atoms with E-state index in [0.29, 0.717) is 6.54 Å². The van der Waals surface area contributed by atoms with Crippen LogP contribution in [0.3, 0.4) is 0 Å². The Balaban J connectivity index is 2.93. The van der Waals surface area contributed by atoms with Crippen molar-refractivity contribution in [2.45, 2.75) is 13.8 Å². The summed E-state index contributed by atoms with van der Waals surface area (Å²) in [5.74, 6) is -1.11. The highest BCUT2D eigenvalue weighted by molar-refractivity contribution is 5.93. The number of hydrogen-bond donors (Lipinski definition) is 2. The first kappa shape index (κ1) is 16.8. The molecule has 0 aliphatic rings. The molecule has 1 rings (SSSR count). The number of carbonyl (C=O) groups is 1. The number of nitrogens with zero attached hydrogens (tertiary/aromatic N) is 3. The number of hydrogen-bond acceptors (Lipinski definition) is 6. The lowest BCUT2D eigenvalue weighted by Crippen LogP contribution is -2.34. The minimum absolute atomic E-state index is 0.108. The molecule has 0 fully saturated rings. The van der Waals surface area contributed by atoms with E-state index in [1.807, 2.05) is 32.8 Å². The SMILES string of the molecule is CN(C)CC(C)(C)CNc1ncc([N+](=O)[O-])cc1C(=O)O. The summed E-state index contributed by atoms with van der Waals surface area (Å²) in [7, 11) is 3.91. The summed E-state index contributed by atoms with van der Waals surface area (Å²) in [6.07, 6.45) is 1.05. The molecule has 0 atom stereocenters. The Hall–Kier alpha value is -2.22. The van der Waals surface area contributed by atoms with Crippen LogP contribution in [0.4, 0.5) is 11.5 Å². The molecular weight excluding hydrogens is 276 g/mol. The van der Waals surface area contributed by atoms with Crippen LogP contribution >= 0.6 is 0 Å². The van der Waals surface area contributed by atoms with Crippen molar-refractivity contribution >= 4 is 17.5 Å². The summed E-state index contributed by atoms with van der Waals surface area (Å²) >= 11 is 0. The molecule has 0 unspecified atom stereocenters. The third-order valence-corrected chi connectivity index (χ3v) is 2.79. The Kier molecular flexibility index (Phi) is 5.20. The zero-order valence-electron chi connectivity index (χ0n) is 12.6. The van der Waals surface area contributed by atoms with Crippen molar-refractivity contribution < 1.29 is 14.8 Å². The fourth-order valence-electron chi connectivity index (χ4n) is 2.09. The first-order valence-corrected chi connectivity index (χ1v) is 6.39. The number of nitro groups is 1. The van der Waals surface area contributed by atoms with E-state index in [1.54, 1.807) is 0 Å². The van der Waals surface area contributed by atoms with Gasteiger partial charge in [0.05, 0.1) is 4.92 Å². The Bertz CT molecular complexity index is 543. The van der Waals surface area contributed by atoms with E-state index in [9.17, 15) is 14.9 Å². The van der Waals surface area contributed by atoms with E-state index in [0.717, 1.165) is 18.8 Å². The van der Waals surface area contributed by atoms with Crippen molar-refractivity contribution in [3.8, 4) is 0 Å². The number of aromatic carboxylic acids is 1. The van der Waals surface area contributed by atoms with Crippen LogP contribution in [0.1, 0.15) is 24.2 Å². The average molecular weight is 296 g/mol. The van der Waals surface area contributed by atoms with Crippen molar-refractivity contribution in [2.75, 3.05) is 32.5 Å². The fourth-order valence-corrected chi connectivity index (χ4v) is 2.09. The van der Waals surface area contributed by atoms with Gasteiger partial charge in [0.25, 0.3) is 5.69 Å². The van der Waals surface area contributed by atoms with Gasteiger partial charge in [-0.3, -0.25) is 10.1 Å². The number of carboxylic acids is 1. The average Bonchev–Trinajstić information content (AvgIpc) is 2.34. The summed E-state index contributed by atoms with van der Waals surface area (Å²) in [6, 6.07) is 1.01. The highest BCUT2D eigenvalue weighted by atomic mass is 16.6. The van der Waals surface area contributed by atoms with Crippen LogP contribution in [0.5, 0.6) is 0 Å². The molecular formula is C13H20N4O4. The minimum Gasteiger partial charge on any atom is -0.478 e. The second-order valence-corrected chi connectivity index (χ2v) is 5.91. The van der Waals surface area contributed by atoms with Gasteiger partial charge in [-0.2, -0.15) is 0 Å². The Morgan fingerprint density at radius 2 is 2.14 bits per heavy atom. The molecule has 0 aromatic carbocycles.